The molecular weight excluding hydrogens is 362 g/mol. The molecular formula is C29H54N+. The molecule has 0 aliphatic rings. The maximum absolute atomic E-state index is 2.42. The molecule has 1 aromatic heterocycles. The van der Waals surface area contributed by atoms with Crippen molar-refractivity contribution in [3.05, 3.63) is 30.1 Å². The summed E-state index contributed by atoms with van der Waals surface area (Å²) in [6, 6.07) is 4.56. The lowest BCUT2D eigenvalue weighted by molar-refractivity contribution is -0.697. The summed E-state index contributed by atoms with van der Waals surface area (Å²) in [4.78, 5) is 0. The molecule has 1 nitrogen and oxygen atoms in total. The van der Waals surface area contributed by atoms with Crippen molar-refractivity contribution >= 4 is 0 Å². The molecule has 0 aliphatic carbocycles. The Labute approximate surface area is 190 Å². The van der Waals surface area contributed by atoms with Gasteiger partial charge in [0.05, 0.1) is 0 Å². The summed E-state index contributed by atoms with van der Waals surface area (Å²) in [7, 11) is 0. The van der Waals surface area contributed by atoms with Crippen LogP contribution in [0.15, 0.2) is 24.5 Å². The number of aromatic nitrogens is 1. The zero-order valence-electron chi connectivity index (χ0n) is 20.8. The highest BCUT2D eigenvalue weighted by Gasteiger charge is 2.03. The Morgan fingerprint density at radius 2 is 0.967 bits per heavy atom. The Morgan fingerprint density at radius 3 is 1.47 bits per heavy atom. The lowest BCUT2D eigenvalue weighted by Gasteiger charge is -2.04. The van der Waals surface area contributed by atoms with Crippen molar-refractivity contribution in [3.8, 4) is 0 Å². The fraction of sp³-hybridized carbons (Fsp3) is 0.828. The van der Waals surface area contributed by atoms with Gasteiger partial charge in [0.15, 0.2) is 12.4 Å². The van der Waals surface area contributed by atoms with Crippen molar-refractivity contribution in [2.45, 2.75) is 155 Å². The number of nitrogens with zero attached hydrogens (tertiary/aromatic N) is 1. The average molecular weight is 417 g/mol. The standard InChI is InChI=1S/C29H54N/c1-3-5-7-9-11-12-13-14-15-16-17-18-20-22-26-30-27-23-25-29(28-30)24-21-19-10-8-6-4-2/h23,25,27-28H,3-22,24,26H2,1-2H3/q+1. The Morgan fingerprint density at radius 1 is 0.533 bits per heavy atom. The second kappa shape index (κ2) is 21.4. The van der Waals surface area contributed by atoms with Gasteiger partial charge >= 0.3 is 0 Å². The Bertz CT molecular complexity index is 467. The van der Waals surface area contributed by atoms with Gasteiger partial charge < -0.3 is 0 Å². The lowest BCUT2D eigenvalue weighted by Crippen LogP contribution is -2.33. The van der Waals surface area contributed by atoms with Crippen LogP contribution in [0.25, 0.3) is 0 Å². The Hall–Kier alpha value is -0.850. The molecule has 1 heteroatoms. The summed E-state index contributed by atoms with van der Waals surface area (Å²) < 4.78 is 2.42. The molecule has 174 valence electrons. The zero-order valence-corrected chi connectivity index (χ0v) is 20.8. The second-order valence-electron chi connectivity index (χ2n) is 9.56. The molecule has 0 saturated heterocycles. The predicted octanol–water partition coefficient (Wildman–Crippen LogP) is 9.36. The van der Waals surface area contributed by atoms with Crippen LogP contribution < -0.4 is 4.57 Å². The Balaban J connectivity index is 1.92. The summed E-state index contributed by atoms with van der Waals surface area (Å²) >= 11 is 0. The molecule has 0 radical (unpaired) electrons. The van der Waals surface area contributed by atoms with E-state index >= 15 is 0 Å². The molecule has 30 heavy (non-hydrogen) atoms. The fourth-order valence-electron chi connectivity index (χ4n) is 4.46. The van der Waals surface area contributed by atoms with Crippen LogP contribution in [0.3, 0.4) is 0 Å². The van der Waals surface area contributed by atoms with Crippen LogP contribution in [-0.2, 0) is 13.0 Å². The normalized spacial score (nSPS) is 11.3. The molecule has 0 fully saturated rings. The van der Waals surface area contributed by atoms with Gasteiger partial charge in [-0.2, -0.15) is 0 Å². The molecule has 0 bridgehead atoms. The van der Waals surface area contributed by atoms with Gasteiger partial charge in [-0.3, -0.25) is 0 Å². The highest BCUT2D eigenvalue weighted by molar-refractivity contribution is 5.05. The van der Waals surface area contributed by atoms with Gasteiger partial charge in [-0.15, -0.1) is 0 Å². The van der Waals surface area contributed by atoms with E-state index in [-0.39, 0.29) is 0 Å². The molecule has 0 saturated carbocycles. The van der Waals surface area contributed by atoms with Crippen LogP contribution >= 0.6 is 0 Å². The van der Waals surface area contributed by atoms with Crippen molar-refractivity contribution in [3.63, 3.8) is 0 Å². The van der Waals surface area contributed by atoms with E-state index in [0.717, 1.165) is 0 Å². The van der Waals surface area contributed by atoms with Gasteiger partial charge in [-0.25, -0.2) is 4.57 Å². The first-order chi connectivity index (χ1) is 14.9. The molecule has 0 amide bonds. The largest absolute Gasteiger partial charge is 0.205 e. The van der Waals surface area contributed by atoms with Crippen LogP contribution in [-0.4, -0.2) is 0 Å². The molecule has 0 aliphatic heterocycles. The molecule has 0 N–H and O–H groups in total. The number of pyridine rings is 1. The van der Waals surface area contributed by atoms with Crippen LogP contribution in [0.2, 0.25) is 0 Å². The summed E-state index contributed by atoms with van der Waals surface area (Å²) in [6.45, 7) is 5.79. The number of aryl methyl sites for hydroxylation is 2. The van der Waals surface area contributed by atoms with Crippen molar-refractivity contribution in [1.82, 2.24) is 0 Å². The SMILES string of the molecule is CCCCCCCCCCCCCCCC[n+]1cccc(CCCCCCCC)c1. The molecule has 1 heterocycles. The first-order valence-electron chi connectivity index (χ1n) is 13.8. The maximum atomic E-state index is 2.42. The van der Waals surface area contributed by atoms with E-state index in [2.05, 4.69) is 42.9 Å². The third-order valence-electron chi connectivity index (χ3n) is 6.51. The minimum Gasteiger partial charge on any atom is -0.205 e. The second-order valence-corrected chi connectivity index (χ2v) is 9.56. The predicted molar refractivity (Wildman–Crippen MR) is 134 cm³/mol. The molecule has 0 aromatic carbocycles. The quantitative estimate of drug-likeness (QED) is 0.131. The highest BCUT2D eigenvalue weighted by Crippen LogP contribution is 2.13. The monoisotopic (exact) mass is 416 g/mol. The number of hydrogen-bond acceptors (Lipinski definition) is 0. The minimum atomic E-state index is 1.20. The molecule has 0 spiro atoms. The van der Waals surface area contributed by atoms with Crippen LogP contribution in [0.4, 0.5) is 0 Å². The minimum absolute atomic E-state index is 1.20. The van der Waals surface area contributed by atoms with E-state index in [4.69, 9.17) is 0 Å². The fourth-order valence-corrected chi connectivity index (χ4v) is 4.46. The third-order valence-corrected chi connectivity index (χ3v) is 6.51. The first-order valence-corrected chi connectivity index (χ1v) is 13.8. The zero-order chi connectivity index (χ0) is 21.5. The summed E-state index contributed by atoms with van der Waals surface area (Å²) in [5.74, 6) is 0. The van der Waals surface area contributed by atoms with E-state index < -0.39 is 0 Å². The van der Waals surface area contributed by atoms with Gasteiger partial charge in [-0.05, 0) is 25.3 Å². The molecule has 1 rings (SSSR count). The van der Waals surface area contributed by atoms with Crippen LogP contribution in [0.1, 0.15) is 148 Å². The van der Waals surface area contributed by atoms with E-state index in [9.17, 15) is 0 Å². The maximum Gasteiger partial charge on any atom is 0.171 e. The average Bonchev–Trinajstić information content (AvgIpc) is 2.77. The van der Waals surface area contributed by atoms with E-state index in [1.807, 2.05) is 0 Å². The molecule has 0 atom stereocenters. The number of hydrogen-bond donors (Lipinski definition) is 0. The topological polar surface area (TPSA) is 3.88 Å². The smallest absolute Gasteiger partial charge is 0.171 e. The van der Waals surface area contributed by atoms with E-state index in [0.29, 0.717) is 0 Å². The highest BCUT2D eigenvalue weighted by atomic mass is 14.9. The molecule has 0 unspecified atom stereocenters. The van der Waals surface area contributed by atoms with Gasteiger partial charge in [0, 0.05) is 18.1 Å². The number of rotatable bonds is 22. The van der Waals surface area contributed by atoms with Crippen molar-refractivity contribution in [1.29, 1.82) is 0 Å². The first kappa shape index (κ1) is 27.2. The lowest BCUT2D eigenvalue weighted by atomic mass is 10.0. The van der Waals surface area contributed by atoms with Crippen molar-refractivity contribution < 1.29 is 4.57 Å². The van der Waals surface area contributed by atoms with Crippen LogP contribution in [0.5, 0.6) is 0 Å². The molecule has 1 aromatic rings. The van der Waals surface area contributed by atoms with E-state index in [1.54, 1.807) is 0 Å². The van der Waals surface area contributed by atoms with Crippen LogP contribution in [0, 0.1) is 0 Å². The number of unbranched alkanes of at least 4 members (excludes halogenated alkanes) is 18. The third kappa shape index (κ3) is 16.9. The van der Waals surface area contributed by atoms with Gasteiger partial charge in [0.2, 0.25) is 0 Å². The summed E-state index contributed by atoms with van der Waals surface area (Å²) in [6.07, 6.45) is 34.4. The van der Waals surface area contributed by atoms with Crippen molar-refractivity contribution in [2.75, 3.05) is 0 Å². The van der Waals surface area contributed by atoms with Gasteiger partial charge in [0.25, 0.3) is 0 Å². The summed E-state index contributed by atoms with van der Waals surface area (Å²) in [5.41, 5.74) is 1.53. The summed E-state index contributed by atoms with van der Waals surface area (Å²) in [5, 5.41) is 0. The van der Waals surface area contributed by atoms with Gasteiger partial charge in [-0.1, -0.05) is 123 Å². The Kier molecular flexibility index (Phi) is 19.4. The van der Waals surface area contributed by atoms with E-state index in [1.165, 1.54) is 147 Å². The van der Waals surface area contributed by atoms with Crippen molar-refractivity contribution in [2.24, 2.45) is 0 Å². The van der Waals surface area contributed by atoms with Gasteiger partial charge in [0.1, 0.15) is 6.54 Å².